The Morgan fingerprint density at radius 3 is 1.25 bits per heavy atom. The summed E-state index contributed by atoms with van der Waals surface area (Å²) in [5.74, 6) is -4.09. The Bertz CT molecular complexity index is 734. The predicted octanol–water partition coefficient (Wildman–Crippen LogP) is 3.07. The minimum Gasteiger partial charge on any atom is -0.450 e. The molecule has 0 radical (unpaired) electrons. The van der Waals surface area contributed by atoms with Gasteiger partial charge in [0.1, 0.15) is 11.6 Å². The fraction of sp³-hybridized carbons (Fsp3) is 0.750. The van der Waals surface area contributed by atoms with Crippen LogP contribution in [0.1, 0.15) is 91.9 Å². The summed E-state index contributed by atoms with van der Waals surface area (Å²) >= 11 is 0. The first-order chi connectivity index (χ1) is 15.0. The Hall–Kier alpha value is -2.38. The summed E-state index contributed by atoms with van der Waals surface area (Å²) < 4.78 is 11.1. The molecule has 8 heteroatoms. The first kappa shape index (κ1) is 25.9. The van der Waals surface area contributed by atoms with Gasteiger partial charge >= 0.3 is 11.9 Å². The Kier molecular flexibility index (Phi) is 8.48. The molecule has 0 aromatic carbocycles. The lowest BCUT2D eigenvalue weighted by molar-refractivity contribution is -0.184. The summed E-state index contributed by atoms with van der Waals surface area (Å²) in [6, 6.07) is 0. The topological polar surface area (TPSA) is 121 Å². The second-order valence-electron chi connectivity index (χ2n) is 9.16. The Balaban J connectivity index is 2.07. The van der Waals surface area contributed by atoms with E-state index in [1.54, 1.807) is 0 Å². The molecule has 0 spiro atoms. The minimum absolute atomic E-state index is 0.205. The molecule has 178 valence electrons. The van der Waals surface area contributed by atoms with Crippen molar-refractivity contribution in [3.63, 3.8) is 0 Å². The summed E-state index contributed by atoms with van der Waals surface area (Å²) in [6.07, 6.45) is 3.65. The molecule has 0 aromatic heterocycles. The fourth-order valence-corrected chi connectivity index (χ4v) is 5.29. The number of Topliss-reactive ketones (excluding diaryl/α,β-unsaturated/α-hetero) is 4. The largest absolute Gasteiger partial charge is 0.450 e. The van der Waals surface area contributed by atoms with Crippen LogP contribution in [0.25, 0.3) is 0 Å². The number of ether oxygens (including phenoxy) is 2. The zero-order valence-electron chi connectivity index (χ0n) is 19.5. The van der Waals surface area contributed by atoms with Crippen LogP contribution < -0.4 is 0 Å². The lowest BCUT2D eigenvalue weighted by Crippen LogP contribution is -2.53. The molecule has 0 saturated heterocycles. The van der Waals surface area contributed by atoms with Crippen molar-refractivity contribution in [2.45, 2.75) is 103 Å². The van der Waals surface area contributed by atoms with E-state index in [-0.39, 0.29) is 48.8 Å². The van der Waals surface area contributed by atoms with Gasteiger partial charge in [0, 0.05) is 0 Å². The number of carbonyl (C=O) groups is 6. The van der Waals surface area contributed by atoms with Crippen molar-refractivity contribution >= 4 is 35.1 Å². The smallest absolute Gasteiger partial charge is 0.307 e. The van der Waals surface area contributed by atoms with E-state index >= 15 is 0 Å². The molecule has 2 rings (SSSR count). The van der Waals surface area contributed by atoms with Gasteiger partial charge in [-0.3, -0.25) is 28.8 Å². The molecule has 2 aliphatic rings. The quantitative estimate of drug-likeness (QED) is 0.491. The van der Waals surface area contributed by atoms with Crippen LogP contribution in [0.4, 0.5) is 0 Å². The van der Waals surface area contributed by atoms with Gasteiger partial charge in [0.05, 0.1) is 24.7 Å². The second kappa shape index (κ2) is 10.5. The molecule has 0 aromatic rings. The second-order valence-corrected chi connectivity index (χ2v) is 9.16. The van der Waals surface area contributed by atoms with E-state index in [4.69, 9.17) is 9.47 Å². The molecule has 4 unspecified atom stereocenters. The molecule has 0 aliphatic heterocycles. The van der Waals surface area contributed by atoms with Crippen LogP contribution in [0.5, 0.6) is 0 Å². The summed E-state index contributed by atoms with van der Waals surface area (Å²) in [4.78, 5) is 74.1. The maximum absolute atomic E-state index is 12.6. The highest BCUT2D eigenvalue weighted by Crippen LogP contribution is 2.40. The first-order valence-electron chi connectivity index (χ1n) is 11.4. The van der Waals surface area contributed by atoms with Crippen LogP contribution in [0.2, 0.25) is 0 Å². The molecule has 32 heavy (non-hydrogen) atoms. The molecule has 0 bridgehead atoms. The van der Waals surface area contributed by atoms with Gasteiger partial charge in [-0.05, 0) is 66.2 Å². The maximum atomic E-state index is 12.6. The molecular weight excluding hydrogens is 416 g/mol. The number of ketones is 4. The van der Waals surface area contributed by atoms with Crippen molar-refractivity contribution in [2.24, 2.45) is 11.8 Å². The maximum Gasteiger partial charge on any atom is 0.307 e. The van der Waals surface area contributed by atoms with E-state index in [0.717, 1.165) is 12.8 Å². The van der Waals surface area contributed by atoms with Crippen LogP contribution in [-0.4, -0.2) is 46.3 Å². The van der Waals surface area contributed by atoms with Gasteiger partial charge in [0.15, 0.2) is 22.8 Å². The van der Waals surface area contributed by atoms with E-state index in [9.17, 15) is 28.8 Å². The third kappa shape index (κ3) is 5.33. The van der Waals surface area contributed by atoms with Crippen molar-refractivity contribution < 1.29 is 38.2 Å². The highest BCUT2D eigenvalue weighted by atomic mass is 16.6. The Morgan fingerprint density at radius 2 is 0.969 bits per heavy atom. The molecule has 0 N–H and O–H groups in total. The van der Waals surface area contributed by atoms with Crippen molar-refractivity contribution in [1.82, 2.24) is 0 Å². The summed E-state index contributed by atoms with van der Waals surface area (Å²) in [5, 5.41) is 0. The lowest BCUT2D eigenvalue weighted by atomic mass is 9.71. The van der Waals surface area contributed by atoms with E-state index in [1.807, 2.05) is 0 Å². The number of esters is 2. The summed E-state index contributed by atoms with van der Waals surface area (Å²) in [5.41, 5.74) is -2.98. The Labute approximate surface area is 188 Å². The summed E-state index contributed by atoms with van der Waals surface area (Å²) in [6.45, 7) is 5.39. The lowest BCUT2D eigenvalue weighted by Gasteiger charge is -2.40. The molecular formula is C24H34O8. The molecule has 2 saturated carbocycles. The highest BCUT2D eigenvalue weighted by molar-refractivity contribution is 5.96. The van der Waals surface area contributed by atoms with Gasteiger partial charge in [0.2, 0.25) is 0 Å². The van der Waals surface area contributed by atoms with E-state index in [0.29, 0.717) is 25.7 Å². The van der Waals surface area contributed by atoms with Crippen LogP contribution >= 0.6 is 0 Å². The fourth-order valence-electron chi connectivity index (χ4n) is 5.29. The summed E-state index contributed by atoms with van der Waals surface area (Å²) in [7, 11) is 0. The monoisotopic (exact) mass is 450 g/mol. The van der Waals surface area contributed by atoms with Crippen LogP contribution in [0.15, 0.2) is 0 Å². The average Bonchev–Trinajstić information content (AvgIpc) is 2.72. The van der Waals surface area contributed by atoms with E-state index < -0.39 is 35.0 Å². The predicted molar refractivity (Wildman–Crippen MR) is 114 cm³/mol. The average molecular weight is 451 g/mol. The molecule has 0 heterocycles. The third-order valence-corrected chi connectivity index (χ3v) is 7.01. The molecule has 2 fully saturated rings. The molecule has 2 aliphatic carbocycles. The van der Waals surface area contributed by atoms with E-state index in [1.165, 1.54) is 27.7 Å². The van der Waals surface area contributed by atoms with Crippen molar-refractivity contribution in [3.05, 3.63) is 0 Å². The van der Waals surface area contributed by atoms with Gasteiger partial charge in [-0.1, -0.05) is 12.8 Å². The molecule has 4 atom stereocenters. The van der Waals surface area contributed by atoms with Crippen LogP contribution in [0.3, 0.4) is 0 Å². The van der Waals surface area contributed by atoms with Gasteiger partial charge in [0.25, 0.3) is 0 Å². The zero-order valence-corrected chi connectivity index (χ0v) is 19.5. The number of carbonyl (C=O) groups excluding carboxylic acids is 6. The third-order valence-electron chi connectivity index (χ3n) is 7.01. The van der Waals surface area contributed by atoms with Crippen molar-refractivity contribution in [2.75, 3.05) is 0 Å². The standard InChI is InChI=1S/C24H34O8/c1-15(25)19-9-5-7-13-23(19,17(3)27)31-21(29)11-12-22(30)32-24(18(4)28)14-8-6-10-20(24)16(2)26/h19-20H,5-14H2,1-4H3. The minimum atomic E-state index is -1.49. The highest BCUT2D eigenvalue weighted by Gasteiger charge is 2.51. The normalized spacial score (nSPS) is 30.1. The van der Waals surface area contributed by atoms with Gasteiger partial charge in [-0.25, -0.2) is 0 Å². The van der Waals surface area contributed by atoms with Gasteiger partial charge < -0.3 is 9.47 Å². The van der Waals surface area contributed by atoms with Crippen molar-refractivity contribution in [1.29, 1.82) is 0 Å². The van der Waals surface area contributed by atoms with Crippen LogP contribution in [-0.2, 0) is 38.2 Å². The number of rotatable bonds is 9. The van der Waals surface area contributed by atoms with E-state index in [2.05, 4.69) is 0 Å². The molecule has 8 nitrogen and oxygen atoms in total. The van der Waals surface area contributed by atoms with Gasteiger partial charge in [-0.2, -0.15) is 0 Å². The number of hydrogen-bond donors (Lipinski definition) is 0. The van der Waals surface area contributed by atoms with Crippen molar-refractivity contribution in [3.8, 4) is 0 Å². The van der Waals surface area contributed by atoms with Crippen LogP contribution in [0, 0.1) is 11.8 Å². The van der Waals surface area contributed by atoms with Gasteiger partial charge in [-0.15, -0.1) is 0 Å². The number of hydrogen-bond acceptors (Lipinski definition) is 8. The molecule has 0 amide bonds. The SMILES string of the molecule is CC(=O)C1CCCCC1(OC(=O)CCC(=O)OC1(C(C)=O)CCCCC1C(C)=O)C(C)=O. The first-order valence-corrected chi connectivity index (χ1v) is 11.4. The Morgan fingerprint density at radius 1 is 0.625 bits per heavy atom. The zero-order chi connectivity index (χ0) is 24.1.